The highest BCUT2D eigenvalue weighted by atomic mass is 16.1. The molecule has 0 unspecified atom stereocenters. The molecule has 2 rings (SSSR count). The third-order valence-corrected chi connectivity index (χ3v) is 1.12. The molecule has 66 valence electrons. The number of azo groups is 1. The van der Waals surface area contributed by atoms with Crippen LogP contribution in [-0.2, 0) is 4.79 Å². The van der Waals surface area contributed by atoms with E-state index in [0.29, 0.717) is 0 Å². The molecular formula is C8H7N3O2. The number of H-pyrrole nitrogens is 1. The predicted octanol–water partition coefficient (Wildman–Crippen LogP) is 0.867. The first kappa shape index (κ1) is 9.05. The van der Waals surface area contributed by atoms with Crippen molar-refractivity contribution >= 4 is 5.91 Å². The largest absolute Gasteiger partial charge is 0.329 e. The quantitative estimate of drug-likeness (QED) is 0.638. The minimum absolute atomic E-state index is 0.0532. The van der Waals surface area contributed by atoms with Crippen molar-refractivity contribution in [2.75, 3.05) is 0 Å². The molecule has 0 spiro atoms. The van der Waals surface area contributed by atoms with Gasteiger partial charge in [0.1, 0.15) is 0 Å². The SMILES string of the molecule is O=C1C=CN=N1.O=c1cccc[nH]1. The second-order valence-electron chi connectivity index (χ2n) is 2.10. The van der Waals surface area contributed by atoms with E-state index in [9.17, 15) is 9.59 Å². The van der Waals surface area contributed by atoms with Crippen LogP contribution >= 0.6 is 0 Å². The van der Waals surface area contributed by atoms with E-state index in [1.54, 1.807) is 18.3 Å². The molecule has 0 bridgehead atoms. The van der Waals surface area contributed by atoms with Gasteiger partial charge in [0.25, 0.3) is 5.91 Å². The molecule has 0 radical (unpaired) electrons. The molecule has 1 aromatic heterocycles. The van der Waals surface area contributed by atoms with Crippen LogP contribution in [0.3, 0.4) is 0 Å². The maximum atomic E-state index is 10.2. The normalized spacial score (nSPS) is 12.5. The van der Waals surface area contributed by atoms with E-state index in [2.05, 4.69) is 15.2 Å². The number of hydrogen-bond acceptors (Lipinski definition) is 3. The molecule has 1 N–H and O–H groups in total. The van der Waals surface area contributed by atoms with E-state index in [4.69, 9.17) is 0 Å². The van der Waals surface area contributed by atoms with Gasteiger partial charge in [0.2, 0.25) is 5.56 Å². The molecule has 1 aliphatic rings. The lowest BCUT2D eigenvalue weighted by molar-refractivity contribution is -0.113. The van der Waals surface area contributed by atoms with E-state index >= 15 is 0 Å². The zero-order valence-corrected chi connectivity index (χ0v) is 6.68. The van der Waals surface area contributed by atoms with Gasteiger partial charge in [-0.05, 0) is 6.07 Å². The fourth-order valence-corrected chi connectivity index (χ4v) is 0.598. The monoisotopic (exact) mass is 177 g/mol. The summed E-state index contributed by atoms with van der Waals surface area (Å²) in [5, 5.41) is 6.37. The van der Waals surface area contributed by atoms with Crippen LogP contribution in [0.5, 0.6) is 0 Å². The van der Waals surface area contributed by atoms with Crippen molar-refractivity contribution in [1.82, 2.24) is 4.98 Å². The summed E-state index contributed by atoms with van der Waals surface area (Å²) in [7, 11) is 0. The van der Waals surface area contributed by atoms with Crippen molar-refractivity contribution < 1.29 is 4.79 Å². The van der Waals surface area contributed by atoms with Crippen LogP contribution in [0, 0.1) is 0 Å². The van der Waals surface area contributed by atoms with Crippen molar-refractivity contribution in [2.24, 2.45) is 10.2 Å². The number of amides is 1. The van der Waals surface area contributed by atoms with Gasteiger partial charge < -0.3 is 4.98 Å². The summed E-state index contributed by atoms with van der Waals surface area (Å²) >= 11 is 0. The number of rotatable bonds is 0. The van der Waals surface area contributed by atoms with E-state index in [1.807, 2.05) is 0 Å². The van der Waals surface area contributed by atoms with E-state index in [0.717, 1.165) is 0 Å². The van der Waals surface area contributed by atoms with Gasteiger partial charge in [-0.3, -0.25) is 9.59 Å². The van der Waals surface area contributed by atoms with Crippen LogP contribution < -0.4 is 5.56 Å². The maximum absolute atomic E-state index is 10.2. The molecule has 5 nitrogen and oxygen atoms in total. The van der Waals surface area contributed by atoms with Crippen LogP contribution in [0.15, 0.2) is 51.7 Å². The molecule has 0 saturated heterocycles. The van der Waals surface area contributed by atoms with Gasteiger partial charge >= 0.3 is 0 Å². The summed E-state index contributed by atoms with van der Waals surface area (Å²) in [4.78, 5) is 22.6. The Labute approximate surface area is 73.8 Å². The summed E-state index contributed by atoms with van der Waals surface area (Å²) in [5.41, 5.74) is -0.0532. The summed E-state index contributed by atoms with van der Waals surface area (Å²) in [6.45, 7) is 0. The molecule has 0 saturated carbocycles. The maximum Gasteiger partial charge on any atom is 0.289 e. The average Bonchev–Trinajstić information content (AvgIpc) is 2.58. The predicted molar refractivity (Wildman–Crippen MR) is 46.1 cm³/mol. The van der Waals surface area contributed by atoms with Crippen LogP contribution in [-0.4, -0.2) is 10.9 Å². The standard InChI is InChI=1S/C5H5NO.C3H2N2O/c7-5-3-1-2-4-6-5;6-3-1-2-4-5-3/h1-4H,(H,6,7);1-2H. The fourth-order valence-electron chi connectivity index (χ4n) is 0.598. The molecule has 1 aliphatic heterocycles. The van der Waals surface area contributed by atoms with Gasteiger partial charge in [-0.15, -0.1) is 5.11 Å². The third kappa shape index (κ3) is 3.76. The van der Waals surface area contributed by atoms with Gasteiger partial charge in [0.05, 0.1) is 6.20 Å². The van der Waals surface area contributed by atoms with Gasteiger partial charge in [-0.25, -0.2) is 0 Å². The summed E-state index contributed by atoms with van der Waals surface area (Å²) in [6, 6.07) is 4.93. The summed E-state index contributed by atoms with van der Waals surface area (Å²) < 4.78 is 0. The second kappa shape index (κ2) is 4.76. The third-order valence-electron chi connectivity index (χ3n) is 1.12. The van der Waals surface area contributed by atoms with Gasteiger partial charge in [-0.2, -0.15) is 5.11 Å². The van der Waals surface area contributed by atoms with Gasteiger partial charge in [0, 0.05) is 18.3 Å². The first-order chi connectivity index (χ1) is 6.29. The number of nitrogens with zero attached hydrogens (tertiary/aromatic N) is 2. The lowest BCUT2D eigenvalue weighted by Crippen LogP contribution is -1.98. The number of hydrogen-bond donors (Lipinski definition) is 1. The van der Waals surface area contributed by atoms with E-state index < -0.39 is 0 Å². The van der Waals surface area contributed by atoms with Gasteiger partial charge in [-0.1, -0.05) is 6.07 Å². The zero-order chi connectivity index (χ0) is 9.52. The Morgan fingerprint density at radius 2 is 2.08 bits per heavy atom. The highest BCUT2D eigenvalue weighted by molar-refractivity contribution is 5.89. The number of carbonyl (C=O) groups excluding carboxylic acids is 1. The summed E-state index contributed by atoms with van der Waals surface area (Å²) in [6.07, 6.45) is 4.27. The van der Waals surface area contributed by atoms with Crippen molar-refractivity contribution in [1.29, 1.82) is 0 Å². The smallest absolute Gasteiger partial charge is 0.289 e. The van der Waals surface area contributed by atoms with E-state index in [1.165, 1.54) is 18.3 Å². The number of nitrogens with one attached hydrogen (secondary N) is 1. The van der Waals surface area contributed by atoms with Crippen LogP contribution in [0.25, 0.3) is 0 Å². The Bertz CT molecular complexity index is 361. The van der Waals surface area contributed by atoms with Crippen molar-refractivity contribution in [2.45, 2.75) is 0 Å². The van der Waals surface area contributed by atoms with Crippen LogP contribution in [0.2, 0.25) is 0 Å². The molecule has 0 atom stereocenters. The lowest BCUT2D eigenvalue weighted by Gasteiger charge is -1.73. The van der Waals surface area contributed by atoms with Crippen LogP contribution in [0.4, 0.5) is 0 Å². The van der Waals surface area contributed by atoms with Gasteiger partial charge in [0.15, 0.2) is 0 Å². The van der Waals surface area contributed by atoms with Crippen molar-refractivity contribution in [3.05, 3.63) is 47.0 Å². The molecule has 1 amide bonds. The molecule has 0 fully saturated rings. The number of aromatic amines is 1. The Morgan fingerprint density at radius 3 is 2.31 bits per heavy atom. The zero-order valence-electron chi connectivity index (χ0n) is 6.68. The van der Waals surface area contributed by atoms with E-state index in [-0.39, 0.29) is 11.5 Å². The topological polar surface area (TPSA) is 74.7 Å². The molecule has 13 heavy (non-hydrogen) atoms. The molecule has 5 heteroatoms. The molecule has 2 heterocycles. The Hall–Kier alpha value is -2.04. The Kier molecular flexibility index (Phi) is 3.31. The molecular weight excluding hydrogens is 170 g/mol. The number of pyridine rings is 1. The first-order valence-electron chi connectivity index (χ1n) is 3.54. The average molecular weight is 177 g/mol. The fraction of sp³-hybridized carbons (Fsp3) is 0. The summed E-state index contributed by atoms with van der Waals surface area (Å²) in [5.74, 6) is -0.269. The highest BCUT2D eigenvalue weighted by Gasteiger charge is 1.92. The molecule has 1 aromatic rings. The Balaban J connectivity index is 0.000000132. The van der Waals surface area contributed by atoms with Crippen molar-refractivity contribution in [3.63, 3.8) is 0 Å². The van der Waals surface area contributed by atoms with Crippen LogP contribution in [0.1, 0.15) is 0 Å². The lowest BCUT2D eigenvalue weighted by atomic mass is 10.5. The number of carbonyl (C=O) groups is 1. The van der Waals surface area contributed by atoms with Crippen molar-refractivity contribution in [3.8, 4) is 0 Å². The minimum atomic E-state index is -0.269. The second-order valence-corrected chi connectivity index (χ2v) is 2.10. The number of aromatic nitrogens is 1. The Morgan fingerprint density at radius 1 is 1.23 bits per heavy atom. The molecule has 0 aromatic carbocycles. The minimum Gasteiger partial charge on any atom is -0.329 e. The first-order valence-corrected chi connectivity index (χ1v) is 3.54. The highest BCUT2D eigenvalue weighted by Crippen LogP contribution is 1.90. The molecule has 0 aliphatic carbocycles.